The minimum Gasteiger partial charge on any atom is -0.379 e. The monoisotopic (exact) mass is 904 g/mol. The normalized spacial score (nSPS) is 12.8. The van der Waals surface area contributed by atoms with Gasteiger partial charge in [0.1, 0.15) is 0 Å². The lowest BCUT2D eigenvalue weighted by Gasteiger charge is -2.40. The van der Waals surface area contributed by atoms with E-state index in [0.29, 0.717) is 18.9 Å². The standard InChI is InChI=1S/C60H121NO3/c1-12-14-16-18-20-22-24-26-28-30-32-34-36-38-40-42-44-46-48-55(49-47-45-43-41-39-37-35-33-31-29-27-25-23-21-19-17-15-13-2)52-56(62)61-58(5,6)53-57(3,4)54-60(9,10)64-51-50-59(7,8)63-11/h55H,12-54H2,1-11H3,(H,61,62). The molecule has 0 fully saturated rings. The number of carbonyl (C=O) groups excluding carboxylic acids is 1. The largest absolute Gasteiger partial charge is 0.379 e. The van der Waals surface area contributed by atoms with Gasteiger partial charge in [-0.15, -0.1) is 0 Å². The highest BCUT2D eigenvalue weighted by Gasteiger charge is 2.36. The Balaban J connectivity index is 4.63. The van der Waals surface area contributed by atoms with Crippen molar-refractivity contribution in [2.45, 2.75) is 356 Å². The zero-order valence-electron chi connectivity index (χ0n) is 46.2. The average molecular weight is 905 g/mol. The van der Waals surface area contributed by atoms with E-state index in [4.69, 9.17) is 9.47 Å². The zero-order valence-corrected chi connectivity index (χ0v) is 46.2. The van der Waals surface area contributed by atoms with Gasteiger partial charge in [-0.05, 0) is 85.0 Å². The molecule has 0 aromatic carbocycles. The van der Waals surface area contributed by atoms with E-state index in [1.807, 2.05) is 0 Å². The van der Waals surface area contributed by atoms with Gasteiger partial charge in [0.05, 0.1) is 17.8 Å². The van der Waals surface area contributed by atoms with E-state index in [1.54, 1.807) is 7.11 Å². The molecule has 0 heterocycles. The molecule has 0 saturated heterocycles. The first-order valence-electron chi connectivity index (χ1n) is 29.1. The lowest BCUT2D eigenvalue weighted by Crippen LogP contribution is -2.47. The summed E-state index contributed by atoms with van der Waals surface area (Å²) >= 11 is 0. The maximum Gasteiger partial charge on any atom is 0.220 e. The van der Waals surface area contributed by atoms with Gasteiger partial charge in [0.2, 0.25) is 5.91 Å². The van der Waals surface area contributed by atoms with E-state index in [-0.39, 0.29) is 28.1 Å². The Kier molecular flexibility index (Phi) is 41.0. The summed E-state index contributed by atoms with van der Waals surface area (Å²) in [5, 5.41) is 3.52. The molecular formula is C60H121NO3. The Morgan fingerprint density at radius 2 is 0.719 bits per heavy atom. The molecule has 0 unspecified atom stereocenters. The molecule has 64 heavy (non-hydrogen) atoms. The smallest absolute Gasteiger partial charge is 0.220 e. The van der Waals surface area contributed by atoms with Crippen molar-refractivity contribution in [2.24, 2.45) is 11.3 Å². The van der Waals surface area contributed by atoms with E-state index < -0.39 is 0 Å². The van der Waals surface area contributed by atoms with Crippen molar-refractivity contribution >= 4 is 5.91 Å². The van der Waals surface area contributed by atoms with Gasteiger partial charge in [-0.2, -0.15) is 0 Å². The summed E-state index contributed by atoms with van der Waals surface area (Å²) in [7, 11) is 1.78. The number of hydrogen-bond donors (Lipinski definition) is 1. The first-order valence-corrected chi connectivity index (χ1v) is 29.1. The van der Waals surface area contributed by atoms with Crippen LogP contribution in [0.2, 0.25) is 0 Å². The summed E-state index contributed by atoms with van der Waals surface area (Å²) in [6.07, 6.45) is 56.7. The quantitative estimate of drug-likeness (QED) is 0.0619. The first-order chi connectivity index (χ1) is 30.6. The van der Waals surface area contributed by atoms with Crippen LogP contribution in [0.15, 0.2) is 0 Å². The summed E-state index contributed by atoms with van der Waals surface area (Å²) in [5.74, 6) is 0.766. The molecule has 0 aliphatic heterocycles. The third-order valence-electron chi connectivity index (χ3n) is 14.5. The molecule has 0 saturated carbocycles. The summed E-state index contributed by atoms with van der Waals surface area (Å²) in [6, 6.07) is 0. The second kappa shape index (κ2) is 41.4. The average Bonchev–Trinajstić information content (AvgIpc) is 3.21. The highest BCUT2D eigenvalue weighted by molar-refractivity contribution is 5.77. The first kappa shape index (κ1) is 63.4. The van der Waals surface area contributed by atoms with E-state index in [0.717, 1.165) is 19.3 Å². The van der Waals surface area contributed by atoms with Gasteiger partial charge in [-0.3, -0.25) is 4.79 Å². The van der Waals surface area contributed by atoms with Crippen molar-refractivity contribution in [3.8, 4) is 0 Å². The maximum absolute atomic E-state index is 13.7. The van der Waals surface area contributed by atoms with Crippen molar-refractivity contribution in [1.82, 2.24) is 5.32 Å². The fraction of sp³-hybridized carbons (Fsp3) is 0.983. The van der Waals surface area contributed by atoms with Crippen LogP contribution in [0.4, 0.5) is 0 Å². The van der Waals surface area contributed by atoms with Crippen LogP contribution in [0.3, 0.4) is 0 Å². The Hall–Kier alpha value is -0.610. The fourth-order valence-corrected chi connectivity index (χ4v) is 10.9. The van der Waals surface area contributed by atoms with Crippen molar-refractivity contribution in [1.29, 1.82) is 0 Å². The summed E-state index contributed by atoms with van der Waals surface area (Å²) in [4.78, 5) is 13.7. The van der Waals surface area contributed by atoms with Crippen molar-refractivity contribution in [2.75, 3.05) is 13.7 Å². The Labute approximate surface area is 404 Å². The molecule has 0 spiro atoms. The van der Waals surface area contributed by atoms with Crippen LogP contribution in [0, 0.1) is 11.3 Å². The predicted molar refractivity (Wildman–Crippen MR) is 286 cm³/mol. The van der Waals surface area contributed by atoms with Gasteiger partial charge < -0.3 is 14.8 Å². The van der Waals surface area contributed by atoms with E-state index in [9.17, 15) is 4.79 Å². The second-order valence-corrected chi connectivity index (χ2v) is 23.9. The molecule has 0 bridgehead atoms. The lowest BCUT2D eigenvalue weighted by molar-refractivity contribution is -0.124. The maximum atomic E-state index is 13.7. The van der Waals surface area contributed by atoms with Gasteiger partial charge in [0.15, 0.2) is 0 Å². The molecule has 0 aliphatic rings. The molecule has 1 amide bonds. The van der Waals surface area contributed by atoms with Gasteiger partial charge >= 0.3 is 0 Å². The Bertz CT molecular complexity index is 961. The van der Waals surface area contributed by atoms with Gasteiger partial charge in [0, 0.05) is 19.1 Å². The number of rotatable bonds is 50. The molecule has 0 aromatic rings. The number of amides is 1. The molecule has 0 rings (SSSR count). The number of carbonyl (C=O) groups is 1. The van der Waals surface area contributed by atoms with E-state index in [2.05, 4.69) is 74.6 Å². The summed E-state index contributed by atoms with van der Waals surface area (Å²) < 4.78 is 12.0. The van der Waals surface area contributed by atoms with E-state index in [1.165, 1.54) is 244 Å². The number of methoxy groups -OCH3 is 1. The summed E-state index contributed by atoms with van der Waals surface area (Å²) in [6.45, 7) is 23.1. The number of nitrogens with one attached hydrogen (secondary N) is 1. The fourth-order valence-electron chi connectivity index (χ4n) is 10.9. The summed E-state index contributed by atoms with van der Waals surface area (Å²) in [5.41, 5.74) is -0.652. The van der Waals surface area contributed by atoms with Gasteiger partial charge in [0.25, 0.3) is 0 Å². The van der Waals surface area contributed by atoms with Crippen molar-refractivity contribution in [3.05, 3.63) is 0 Å². The third-order valence-corrected chi connectivity index (χ3v) is 14.5. The number of unbranched alkanes of at least 4 members (excludes halogenated alkanes) is 34. The highest BCUT2D eigenvalue weighted by Crippen LogP contribution is 2.37. The van der Waals surface area contributed by atoms with Gasteiger partial charge in [-0.1, -0.05) is 259 Å². The van der Waals surface area contributed by atoms with Crippen LogP contribution < -0.4 is 5.32 Å². The Morgan fingerprint density at radius 3 is 1.02 bits per heavy atom. The molecule has 0 atom stereocenters. The molecule has 1 N–H and O–H groups in total. The SMILES string of the molecule is CCCCCCCCCCCCCCCCCCCCC(CCCCCCCCCCCCCCCCCCCC)CC(=O)NC(C)(C)CC(C)(C)CC(C)(C)OCCC(C)(C)OC. The highest BCUT2D eigenvalue weighted by atomic mass is 16.5. The molecule has 0 aliphatic carbocycles. The van der Waals surface area contributed by atoms with Crippen LogP contribution in [0.25, 0.3) is 0 Å². The molecular weight excluding hydrogens is 783 g/mol. The zero-order chi connectivity index (χ0) is 47.7. The van der Waals surface area contributed by atoms with Crippen molar-refractivity contribution in [3.63, 3.8) is 0 Å². The van der Waals surface area contributed by atoms with Crippen LogP contribution in [0.5, 0.6) is 0 Å². The number of ether oxygens (including phenoxy) is 2. The molecule has 4 nitrogen and oxygen atoms in total. The minimum absolute atomic E-state index is 0.0242. The molecule has 384 valence electrons. The van der Waals surface area contributed by atoms with Gasteiger partial charge in [-0.25, -0.2) is 0 Å². The molecule has 4 heteroatoms. The number of hydrogen-bond acceptors (Lipinski definition) is 3. The predicted octanol–water partition coefficient (Wildman–Crippen LogP) is 20.2. The molecule has 0 radical (unpaired) electrons. The van der Waals surface area contributed by atoms with Crippen LogP contribution in [-0.2, 0) is 14.3 Å². The third kappa shape index (κ3) is 43.9. The minimum atomic E-state index is -0.264. The topological polar surface area (TPSA) is 47.6 Å². The van der Waals surface area contributed by atoms with Crippen molar-refractivity contribution < 1.29 is 14.3 Å². The lowest BCUT2D eigenvalue weighted by atomic mass is 9.73. The molecule has 0 aromatic heterocycles. The Morgan fingerprint density at radius 1 is 0.422 bits per heavy atom. The van der Waals surface area contributed by atoms with E-state index >= 15 is 0 Å². The van der Waals surface area contributed by atoms with Crippen LogP contribution >= 0.6 is 0 Å². The van der Waals surface area contributed by atoms with Crippen LogP contribution in [-0.4, -0.2) is 36.4 Å². The van der Waals surface area contributed by atoms with Crippen LogP contribution in [0.1, 0.15) is 339 Å². The second-order valence-electron chi connectivity index (χ2n) is 23.9.